The van der Waals surface area contributed by atoms with Crippen molar-refractivity contribution in [3.05, 3.63) is 23.8 Å². The van der Waals surface area contributed by atoms with Gasteiger partial charge in [0.25, 0.3) is 0 Å². The van der Waals surface area contributed by atoms with E-state index in [-0.39, 0.29) is 10.8 Å². The van der Waals surface area contributed by atoms with E-state index in [1.165, 1.54) is 12.1 Å². The zero-order valence-corrected chi connectivity index (χ0v) is 12.1. The van der Waals surface area contributed by atoms with Gasteiger partial charge < -0.3 is 9.84 Å². The first-order valence-corrected chi connectivity index (χ1v) is 7.80. The molecule has 20 heavy (non-hydrogen) atoms. The van der Waals surface area contributed by atoms with Crippen molar-refractivity contribution in [2.45, 2.75) is 31.2 Å². The summed E-state index contributed by atoms with van der Waals surface area (Å²) >= 11 is 0. The van der Waals surface area contributed by atoms with Crippen LogP contribution in [0.3, 0.4) is 0 Å². The number of nitrogens with one attached hydrogen (secondary N) is 1. The summed E-state index contributed by atoms with van der Waals surface area (Å²) in [5, 5.41) is 9.06. The molecule has 1 aromatic carbocycles. The molecule has 1 heterocycles. The van der Waals surface area contributed by atoms with Crippen LogP contribution in [0.15, 0.2) is 23.1 Å². The zero-order chi connectivity index (χ0) is 14.9. The lowest BCUT2D eigenvalue weighted by Gasteiger charge is -2.18. The fraction of sp³-hybridized carbons (Fsp3) is 0.462. The summed E-state index contributed by atoms with van der Waals surface area (Å²) in [6.07, 6.45) is 0.658. The van der Waals surface area contributed by atoms with Crippen molar-refractivity contribution in [2.24, 2.45) is 5.92 Å². The van der Waals surface area contributed by atoms with Gasteiger partial charge in [-0.1, -0.05) is 13.8 Å². The molecule has 110 valence electrons. The molecule has 0 saturated carbocycles. The van der Waals surface area contributed by atoms with Gasteiger partial charge in [0.2, 0.25) is 10.0 Å². The molecule has 7 heteroatoms. The fourth-order valence-corrected chi connectivity index (χ4v) is 3.42. The first-order chi connectivity index (χ1) is 9.31. The predicted octanol–water partition coefficient (Wildman–Crippen LogP) is 1.01. The van der Waals surface area contributed by atoms with Gasteiger partial charge in [-0.2, -0.15) is 4.72 Å². The number of carbonyl (C=O) groups is 1. The number of hydrogen-bond acceptors (Lipinski definition) is 4. The van der Waals surface area contributed by atoms with Crippen molar-refractivity contribution >= 4 is 16.0 Å². The third-order valence-corrected chi connectivity index (χ3v) is 4.62. The zero-order valence-electron chi connectivity index (χ0n) is 11.3. The maximum absolute atomic E-state index is 12.2. The third-order valence-electron chi connectivity index (χ3n) is 3.19. The van der Waals surface area contributed by atoms with E-state index >= 15 is 0 Å². The van der Waals surface area contributed by atoms with Crippen LogP contribution in [-0.2, 0) is 21.2 Å². The third kappa shape index (κ3) is 2.94. The van der Waals surface area contributed by atoms with E-state index in [2.05, 4.69) is 4.72 Å². The number of fused-ring (bicyclic) bond motifs is 1. The van der Waals surface area contributed by atoms with E-state index in [0.717, 1.165) is 5.56 Å². The van der Waals surface area contributed by atoms with Gasteiger partial charge in [-0.15, -0.1) is 0 Å². The number of aliphatic carboxylic acids is 1. The number of ether oxygens (including phenoxy) is 1. The lowest BCUT2D eigenvalue weighted by Crippen LogP contribution is -2.44. The topological polar surface area (TPSA) is 92.7 Å². The summed E-state index contributed by atoms with van der Waals surface area (Å²) in [7, 11) is -3.86. The van der Waals surface area contributed by atoms with Crippen LogP contribution < -0.4 is 9.46 Å². The molecule has 0 aliphatic carbocycles. The number of hydrogen-bond donors (Lipinski definition) is 2. The van der Waals surface area contributed by atoms with Gasteiger partial charge in [-0.3, -0.25) is 4.79 Å². The molecule has 0 amide bonds. The Morgan fingerprint density at radius 3 is 2.70 bits per heavy atom. The Morgan fingerprint density at radius 2 is 2.10 bits per heavy atom. The van der Waals surface area contributed by atoms with Crippen LogP contribution in [0.1, 0.15) is 19.4 Å². The molecule has 0 unspecified atom stereocenters. The second kappa shape index (κ2) is 5.41. The fourth-order valence-electron chi connectivity index (χ4n) is 2.04. The lowest BCUT2D eigenvalue weighted by atomic mass is 10.1. The Bertz CT molecular complexity index is 624. The van der Waals surface area contributed by atoms with Gasteiger partial charge in [0, 0.05) is 6.42 Å². The first-order valence-electron chi connectivity index (χ1n) is 6.32. The van der Waals surface area contributed by atoms with Gasteiger partial charge in [0.15, 0.2) is 0 Å². The second-order valence-electron chi connectivity index (χ2n) is 5.05. The smallest absolute Gasteiger partial charge is 0.322 e. The summed E-state index contributed by atoms with van der Waals surface area (Å²) in [5.41, 5.74) is 0.823. The molecule has 6 nitrogen and oxygen atoms in total. The van der Waals surface area contributed by atoms with Crippen molar-refractivity contribution < 1.29 is 23.1 Å². The highest BCUT2D eigenvalue weighted by atomic mass is 32.2. The van der Waals surface area contributed by atoms with E-state index in [9.17, 15) is 13.2 Å². The van der Waals surface area contributed by atoms with E-state index in [1.807, 2.05) is 0 Å². The molecule has 2 rings (SSSR count). The molecule has 1 aliphatic heterocycles. The average molecular weight is 299 g/mol. The highest BCUT2D eigenvalue weighted by molar-refractivity contribution is 7.89. The molecule has 1 aliphatic rings. The van der Waals surface area contributed by atoms with Gasteiger partial charge in [0.1, 0.15) is 11.8 Å². The minimum atomic E-state index is -3.86. The second-order valence-corrected chi connectivity index (χ2v) is 6.76. The number of rotatable bonds is 5. The Labute approximate surface area is 117 Å². The van der Waals surface area contributed by atoms with E-state index in [4.69, 9.17) is 9.84 Å². The summed E-state index contributed by atoms with van der Waals surface area (Å²) in [6.45, 7) is 3.84. The van der Waals surface area contributed by atoms with E-state index in [0.29, 0.717) is 18.8 Å². The van der Waals surface area contributed by atoms with Crippen LogP contribution in [-0.4, -0.2) is 32.1 Å². The lowest BCUT2D eigenvalue weighted by molar-refractivity contribution is -0.140. The predicted molar refractivity (Wildman–Crippen MR) is 72.2 cm³/mol. The van der Waals surface area contributed by atoms with Crippen molar-refractivity contribution in [3.63, 3.8) is 0 Å². The van der Waals surface area contributed by atoms with Gasteiger partial charge in [-0.25, -0.2) is 8.42 Å². The molecule has 0 saturated heterocycles. The largest absolute Gasteiger partial charge is 0.493 e. The van der Waals surface area contributed by atoms with E-state index in [1.54, 1.807) is 19.9 Å². The molecule has 2 N–H and O–H groups in total. The molecule has 1 atom stereocenters. The number of carboxylic acid groups (broad SMARTS) is 1. The van der Waals surface area contributed by atoms with Crippen LogP contribution in [0.25, 0.3) is 0 Å². The SMILES string of the molecule is CC(C)[C@H](NS(=O)(=O)c1ccc2c(c1)CCO2)C(=O)O. The maximum atomic E-state index is 12.2. The van der Waals surface area contributed by atoms with Crippen LogP contribution >= 0.6 is 0 Å². The monoisotopic (exact) mass is 299 g/mol. The number of sulfonamides is 1. The van der Waals surface area contributed by atoms with Gasteiger partial charge >= 0.3 is 5.97 Å². The molecule has 0 spiro atoms. The molecule has 0 fully saturated rings. The summed E-state index contributed by atoms with van der Waals surface area (Å²) in [6, 6.07) is 3.40. The van der Waals surface area contributed by atoms with Crippen molar-refractivity contribution in [2.75, 3.05) is 6.61 Å². The number of carboxylic acids is 1. The van der Waals surface area contributed by atoms with Crippen LogP contribution in [0.5, 0.6) is 5.75 Å². The van der Waals surface area contributed by atoms with Crippen LogP contribution in [0.4, 0.5) is 0 Å². The van der Waals surface area contributed by atoms with Crippen molar-refractivity contribution in [1.82, 2.24) is 4.72 Å². The molecule has 0 bridgehead atoms. The summed E-state index contributed by atoms with van der Waals surface area (Å²) in [4.78, 5) is 11.2. The van der Waals surface area contributed by atoms with Crippen molar-refractivity contribution in [3.8, 4) is 5.75 Å². The van der Waals surface area contributed by atoms with Gasteiger partial charge in [-0.05, 0) is 29.7 Å². The highest BCUT2D eigenvalue weighted by Crippen LogP contribution is 2.27. The normalized spacial score (nSPS) is 15.8. The minimum Gasteiger partial charge on any atom is -0.493 e. The molecular weight excluding hydrogens is 282 g/mol. The van der Waals surface area contributed by atoms with Crippen LogP contribution in [0.2, 0.25) is 0 Å². The first kappa shape index (κ1) is 14.8. The average Bonchev–Trinajstić information content (AvgIpc) is 2.82. The molecule has 1 aromatic rings. The summed E-state index contributed by atoms with van der Waals surface area (Å²) < 4.78 is 32.0. The molecular formula is C13H17NO5S. The van der Waals surface area contributed by atoms with Crippen LogP contribution in [0, 0.1) is 5.92 Å². The standard InChI is InChI=1S/C13H17NO5S/c1-8(2)12(13(15)16)14-20(17,18)10-3-4-11-9(7-10)5-6-19-11/h3-4,7-8,12,14H,5-6H2,1-2H3,(H,15,16)/t12-/m0/s1. The molecule has 0 aromatic heterocycles. The Kier molecular flexibility index (Phi) is 4.01. The Morgan fingerprint density at radius 1 is 1.40 bits per heavy atom. The van der Waals surface area contributed by atoms with Gasteiger partial charge in [0.05, 0.1) is 11.5 Å². The van der Waals surface area contributed by atoms with Crippen molar-refractivity contribution in [1.29, 1.82) is 0 Å². The quantitative estimate of drug-likeness (QED) is 0.846. The summed E-state index contributed by atoms with van der Waals surface area (Å²) in [5.74, 6) is -0.851. The number of benzene rings is 1. The Hall–Kier alpha value is -1.60. The highest BCUT2D eigenvalue weighted by Gasteiger charge is 2.28. The van der Waals surface area contributed by atoms with E-state index < -0.39 is 22.0 Å². The minimum absolute atomic E-state index is 0.0636. The molecule has 0 radical (unpaired) electrons. The maximum Gasteiger partial charge on any atom is 0.322 e. The Balaban J connectivity index is 2.28.